The second-order valence-electron chi connectivity index (χ2n) is 7.40. The van der Waals surface area contributed by atoms with Crippen LogP contribution in [-0.4, -0.2) is 48.3 Å². The number of nitrogens with one attached hydrogen (secondary N) is 1. The molecule has 1 atom stereocenters. The van der Waals surface area contributed by atoms with E-state index in [4.69, 9.17) is 15.2 Å². The van der Waals surface area contributed by atoms with Crippen LogP contribution in [0.3, 0.4) is 0 Å². The van der Waals surface area contributed by atoms with E-state index in [-0.39, 0.29) is 12.1 Å². The average Bonchev–Trinajstić information content (AvgIpc) is 2.55. The number of amides is 1. The maximum Gasteiger partial charge on any atom is 0.410 e. The van der Waals surface area contributed by atoms with E-state index >= 15 is 0 Å². The molecule has 0 aromatic heterocycles. The van der Waals surface area contributed by atoms with Gasteiger partial charge in [0.15, 0.2) is 0 Å². The molecule has 26 heavy (non-hydrogen) atoms. The van der Waals surface area contributed by atoms with E-state index < -0.39 is 11.6 Å². The molecule has 0 bridgehead atoms. The van der Waals surface area contributed by atoms with Crippen LogP contribution >= 0.6 is 0 Å². The Kier molecular flexibility index (Phi) is 6.34. The fourth-order valence-corrected chi connectivity index (χ4v) is 2.89. The molecule has 1 amide bonds. The van der Waals surface area contributed by atoms with Crippen molar-refractivity contribution in [3.8, 4) is 0 Å². The number of anilines is 2. The van der Waals surface area contributed by atoms with Crippen molar-refractivity contribution in [2.75, 3.05) is 30.7 Å². The summed E-state index contributed by atoms with van der Waals surface area (Å²) in [6.45, 7) is 8.81. The molecule has 1 aromatic carbocycles. The van der Waals surface area contributed by atoms with Crippen LogP contribution < -0.4 is 11.1 Å². The largest absolute Gasteiger partial charge is 0.462 e. The molecule has 7 nitrogen and oxygen atoms in total. The Bertz CT molecular complexity index is 655. The van der Waals surface area contributed by atoms with Crippen LogP contribution in [-0.2, 0) is 9.47 Å². The molecule has 1 unspecified atom stereocenters. The summed E-state index contributed by atoms with van der Waals surface area (Å²) in [5.74, 6) is -0.437. The molecule has 0 aliphatic carbocycles. The van der Waals surface area contributed by atoms with E-state index in [1.54, 1.807) is 24.0 Å². The van der Waals surface area contributed by atoms with Gasteiger partial charge in [0, 0.05) is 19.1 Å². The van der Waals surface area contributed by atoms with Crippen LogP contribution in [0.15, 0.2) is 18.2 Å². The van der Waals surface area contributed by atoms with Gasteiger partial charge in [0.1, 0.15) is 5.60 Å². The van der Waals surface area contributed by atoms with Crippen molar-refractivity contribution < 1.29 is 19.1 Å². The number of ether oxygens (including phenoxy) is 2. The van der Waals surface area contributed by atoms with Crippen LogP contribution in [0.25, 0.3) is 0 Å². The first-order valence-corrected chi connectivity index (χ1v) is 9.01. The van der Waals surface area contributed by atoms with Crippen LogP contribution in [0.5, 0.6) is 0 Å². The molecular formula is C19H29N3O4. The number of nitrogens with two attached hydrogens (primary N) is 1. The number of esters is 1. The molecule has 0 radical (unpaired) electrons. The first-order valence-electron chi connectivity index (χ1n) is 9.01. The average molecular weight is 363 g/mol. The summed E-state index contributed by atoms with van der Waals surface area (Å²) in [6.07, 6.45) is 1.47. The Balaban J connectivity index is 2.05. The normalized spacial score (nSPS) is 17.5. The van der Waals surface area contributed by atoms with Gasteiger partial charge in [0.05, 0.1) is 23.5 Å². The molecule has 1 heterocycles. The zero-order valence-electron chi connectivity index (χ0n) is 16.0. The smallest absolute Gasteiger partial charge is 0.410 e. The number of benzene rings is 1. The molecule has 1 aromatic rings. The van der Waals surface area contributed by atoms with Gasteiger partial charge in [-0.25, -0.2) is 9.59 Å². The minimum absolute atomic E-state index is 0.0380. The number of piperidine rings is 1. The van der Waals surface area contributed by atoms with E-state index in [0.717, 1.165) is 12.8 Å². The van der Waals surface area contributed by atoms with E-state index in [1.165, 1.54) is 0 Å². The van der Waals surface area contributed by atoms with Crippen molar-refractivity contribution in [2.24, 2.45) is 0 Å². The lowest BCUT2D eigenvalue weighted by molar-refractivity contribution is 0.0206. The molecular weight excluding hydrogens is 334 g/mol. The summed E-state index contributed by atoms with van der Waals surface area (Å²) in [6, 6.07) is 5.27. The van der Waals surface area contributed by atoms with E-state index in [9.17, 15) is 9.59 Å². The van der Waals surface area contributed by atoms with Gasteiger partial charge in [0.25, 0.3) is 0 Å². The van der Waals surface area contributed by atoms with Gasteiger partial charge < -0.3 is 25.4 Å². The highest BCUT2D eigenvalue weighted by atomic mass is 16.6. The highest BCUT2D eigenvalue weighted by Gasteiger charge is 2.28. The van der Waals surface area contributed by atoms with Crippen molar-refractivity contribution in [3.05, 3.63) is 23.8 Å². The number of nitrogen functional groups attached to an aromatic ring is 1. The summed E-state index contributed by atoms with van der Waals surface area (Å²) < 4.78 is 10.5. The summed E-state index contributed by atoms with van der Waals surface area (Å²) >= 11 is 0. The summed E-state index contributed by atoms with van der Waals surface area (Å²) in [5.41, 5.74) is 7.00. The Hall–Kier alpha value is -2.44. The minimum Gasteiger partial charge on any atom is -0.462 e. The fourth-order valence-electron chi connectivity index (χ4n) is 2.89. The number of carbonyl (C=O) groups is 2. The van der Waals surface area contributed by atoms with E-state index in [0.29, 0.717) is 36.6 Å². The molecule has 3 N–H and O–H groups in total. The maximum atomic E-state index is 12.3. The highest BCUT2D eigenvalue weighted by Crippen LogP contribution is 2.26. The zero-order valence-corrected chi connectivity index (χ0v) is 16.0. The summed E-state index contributed by atoms with van der Waals surface area (Å²) in [5, 5.41) is 3.35. The predicted octanol–water partition coefficient (Wildman–Crippen LogP) is 3.26. The lowest BCUT2D eigenvalue weighted by atomic mass is 10.0. The Morgan fingerprint density at radius 1 is 1.35 bits per heavy atom. The van der Waals surface area contributed by atoms with Crippen LogP contribution in [0.2, 0.25) is 0 Å². The van der Waals surface area contributed by atoms with Gasteiger partial charge in [-0.15, -0.1) is 0 Å². The van der Waals surface area contributed by atoms with Crippen molar-refractivity contribution in [2.45, 2.75) is 52.2 Å². The number of carbonyl (C=O) groups excluding carboxylic acids is 2. The molecule has 1 saturated heterocycles. The number of hydrogen-bond acceptors (Lipinski definition) is 6. The molecule has 1 aliphatic rings. The predicted molar refractivity (Wildman–Crippen MR) is 101 cm³/mol. The Morgan fingerprint density at radius 3 is 2.73 bits per heavy atom. The first-order chi connectivity index (χ1) is 12.2. The zero-order chi connectivity index (χ0) is 19.3. The van der Waals surface area contributed by atoms with Gasteiger partial charge in [-0.1, -0.05) is 6.07 Å². The molecule has 144 valence electrons. The molecule has 2 rings (SSSR count). The van der Waals surface area contributed by atoms with Crippen LogP contribution in [0.1, 0.15) is 50.9 Å². The van der Waals surface area contributed by atoms with Gasteiger partial charge in [-0.3, -0.25) is 0 Å². The Labute approximate surface area is 154 Å². The second-order valence-corrected chi connectivity index (χ2v) is 7.40. The topological polar surface area (TPSA) is 93.9 Å². The third-order valence-corrected chi connectivity index (χ3v) is 4.03. The van der Waals surface area contributed by atoms with Gasteiger partial charge >= 0.3 is 12.1 Å². The molecule has 1 aliphatic heterocycles. The van der Waals surface area contributed by atoms with Crippen molar-refractivity contribution >= 4 is 23.4 Å². The number of nitrogens with zero attached hydrogens (tertiary/aromatic N) is 1. The standard InChI is InChI=1S/C19H29N3O4/c1-5-25-17(23)14-9-6-10-15(16(14)20)21-13-8-7-11-22(12-13)18(24)26-19(2,3)4/h6,9-10,13,21H,5,7-8,11-12,20H2,1-4H3. The number of likely N-dealkylation sites (tertiary alicyclic amines) is 1. The maximum absolute atomic E-state index is 12.3. The number of rotatable bonds is 4. The molecule has 0 spiro atoms. The molecule has 1 fully saturated rings. The lowest BCUT2D eigenvalue weighted by Crippen LogP contribution is -2.47. The molecule has 7 heteroatoms. The van der Waals surface area contributed by atoms with Gasteiger partial charge in [0.2, 0.25) is 0 Å². The highest BCUT2D eigenvalue weighted by molar-refractivity contribution is 5.98. The quantitative estimate of drug-likeness (QED) is 0.630. The third-order valence-electron chi connectivity index (χ3n) is 4.03. The van der Waals surface area contributed by atoms with Crippen molar-refractivity contribution in [1.82, 2.24) is 4.90 Å². The monoisotopic (exact) mass is 363 g/mol. The molecule has 0 saturated carbocycles. The fraction of sp³-hybridized carbons (Fsp3) is 0.579. The SMILES string of the molecule is CCOC(=O)c1cccc(NC2CCCN(C(=O)OC(C)(C)C)C2)c1N. The first kappa shape index (κ1) is 19.9. The van der Waals surface area contributed by atoms with E-state index in [1.807, 2.05) is 26.8 Å². The number of para-hydroxylation sites is 1. The second kappa shape index (κ2) is 8.29. The van der Waals surface area contributed by atoms with E-state index in [2.05, 4.69) is 5.32 Å². The Morgan fingerprint density at radius 2 is 2.08 bits per heavy atom. The van der Waals surface area contributed by atoms with Crippen molar-refractivity contribution in [3.63, 3.8) is 0 Å². The third kappa shape index (κ3) is 5.28. The summed E-state index contributed by atoms with van der Waals surface area (Å²) in [4.78, 5) is 26.0. The van der Waals surface area contributed by atoms with Crippen LogP contribution in [0.4, 0.5) is 16.2 Å². The van der Waals surface area contributed by atoms with Crippen LogP contribution in [0, 0.1) is 0 Å². The van der Waals surface area contributed by atoms with Gasteiger partial charge in [-0.2, -0.15) is 0 Å². The number of hydrogen-bond donors (Lipinski definition) is 2. The minimum atomic E-state index is -0.518. The summed E-state index contributed by atoms with van der Waals surface area (Å²) in [7, 11) is 0. The van der Waals surface area contributed by atoms with Gasteiger partial charge in [-0.05, 0) is 52.7 Å². The lowest BCUT2D eigenvalue weighted by Gasteiger charge is -2.35. The van der Waals surface area contributed by atoms with Crippen molar-refractivity contribution in [1.29, 1.82) is 0 Å².